The Bertz CT molecular complexity index is 6060. The van der Waals surface area contributed by atoms with Crippen LogP contribution in [0.3, 0.4) is 0 Å². The summed E-state index contributed by atoms with van der Waals surface area (Å²) in [5.74, 6) is 2.47. The smallest absolute Gasteiger partial charge is 0.201 e. The number of aliphatic hydroxyl groups excluding tert-OH is 2. The van der Waals surface area contributed by atoms with Crippen molar-refractivity contribution >= 4 is 60.6 Å². The zero-order valence-corrected chi connectivity index (χ0v) is 58.7. The Morgan fingerprint density at radius 3 is 1.97 bits per heavy atom. The topological polar surface area (TPSA) is 119 Å². The van der Waals surface area contributed by atoms with Crippen LogP contribution in [0.4, 0.5) is 0 Å². The Morgan fingerprint density at radius 2 is 1.15 bits per heavy atom. The van der Waals surface area contributed by atoms with Crippen LogP contribution in [0.2, 0.25) is 0 Å². The molecular formula is C96H76O8. The number of allylic oxidation sites excluding steroid dienone is 12. The summed E-state index contributed by atoms with van der Waals surface area (Å²) in [5, 5.41) is 27.1. The van der Waals surface area contributed by atoms with Gasteiger partial charge in [0.1, 0.15) is 57.5 Å². The molecule has 8 nitrogen and oxygen atoms in total. The highest BCUT2D eigenvalue weighted by atomic mass is 16.5. The molecule has 13 aromatic rings. The van der Waals surface area contributed by atoms with Crippen molar-refractivity contribution in [2.24, 2.45) is 11.8 Å². The molecule has 508 valence electrons. The first-order chi connectivity index (χ1) is 50.5. The van der Waals surface area contributed by atoms with Crippen LogP contribution < -0.4 is 20.3 Å². The van der Waals surface area contributed by atoms with E-state index in [4.69, 9.17) is 18.3 Å². The van der Waals surface area contributed by atoms with Crippen molar-refractivity contribution in [2.75, 3.05) is 0 Å². The molecule has 8 heteroatoms. The predicted molar refractivity (Wildman–Crippen MR) is 421 cm³/mol. The van der Waals surface area contributed by atoms with Crippen molar-refractivity contribution in [2.45, 2.75) is 89.8 Å². The van der Waals surface area contributed by atoms with E-state index in [0.29, 0.717) is 106 Å². The van der Waals surface area contributed by atoms with E-state index in [1.807, 2.05) is 121 Å². The Kier molecular flexibility index (Phi) is 15.7. The quantitative estimate of drug-likeness (QED) is 0.123. The van der Waals surface area contributed by atoms with Crippen LogP contribution in [0.15, 0.2) is 297 Å². The normalized spacial score (nSPS) is 17.6. The van der Waals surface area contributed by atoms with Crippen LogP contribution in [0, 0.1) is 11.8 Å². The molecule has 0 radical (unpaired) electrons. The van der Waals surface area contributed by atoms with Gasteiger partial charge in [-0.05, 0) is 217 Å². The maximum Gasteiger partial charge on any atom is 0.201 e. The summed E-state index contributed by atoms with van der Waals surface area (Å²) in [6.45, 7) is 11.0. The van der Waals surface area contributed by atoms with Gasteiger partial charge in [0.15, 0.2) is 0 Å². The maximum absolute atomic E-state index is 15.5. The summed E-state index contributed by atoms with van der Waals surface area (Å²) >= 11 is 0. The molecule has 0 amide bonds. The molecule has 3 aliphatic carbocycles. The molecule has 4 atom stereocenters. The average Bonchev–Trinajstić information content (AvgIpc) is 0.739. The lowest BCUT2D eigenvalue weighted by Gasteiger charge is -2.33. The number of ether oxygens (including phenoxy) is 2. The van der Waals surface area contributed by atoms with Gasteiger partial charge in [0, 0.05) is 39.3 Å². The molecule has 4 unspecified atom stereocenters. The van der Waals surface area contributed by atoms with Crippen LogP contribution in [-0.2, 0) is 10.8 Å². The second kappa shape index (κ2) is 25.4. The minimum absolute atomic E-state index is 0.0301. The van der Waals surface area contributed by atoms with Crippen LogP contribution in [0.1, 0.15) is 129 Å². The number of aliphatic hydroxyl groups is 2. The van der Waals surface area contributed by atoms with E-state index in [1.54, 1.807) is 0 Å². The molecule has 5 aliphatic rings. The average molecular weight is 1360 g/mol. The van der Waals surface area contributed by atoms with Gasteiger partial charge in [-0.25, -0.2) is 0 Å². The standard InChI is InChI=1S/C96H76O8/c1-95(2,3)69-38-42-83-79(53-69)89(97)75-32-16-30-73(93(75)103-83)74-31-17-33-76-90(98)80-54-70(39-43-84(80)104-94(74)76)96(4,5)55-56-20-15-27-60(44-56)66-46-65(59-25-13-8-14-26-59)49-68(50-66)62-37-41-82-78(52-62)92(100)88-72(29-19-35-86(88)102-82)71-28-18-34-85-87(71)91(99)77-51-61(36-40-81(77)101-85)67-47-63(57-21-9-6-10-22-57)45-64(48-67)58-23-11-7-12-24-58/h6-11,13-19,21-23,25-45,47-54,56,66,90-91,98-99H,12,20,24,46,55H2,1-5H3. The number of benzene rings is 11. The molecule has 0 bridgehead atoms. The minimum atomic E-state index is -1.08. The van der Waals surface area contributed by atoms with E-state index in [2.05, 4.69) is 186 Å². The molecule has 11 aromatic carbocycles. The Hall–Kier alpha value is -11.7. The van der Waals surface area contributed by atoms with Crippen molar-refractivity contribution in [1.82, 2.24) is 0 Å². The van der Waals surface area contributed by atoms with Gasteiger partial charge >= 0.3 is 0 Å². The van der Waals surface area contributed by atoms with E-state index in [0.717, 1.165) is 87.7 Å². The Morgan fingerprint density at radius 1 is 0.471 bits per heavy atom. The van der Waals surface area contributed by atoms with E-state index in [-0.39, 0.29) is 33.5 Å². The number of rotatable bonds is 11. The lowest BCUT2D eigenvalue weighted by Crippen LogP contribution is -2.23. The first-order valence-electron chi connectivity index (χ1n) is 36.2. The summed E-state index contributed by atoms with van der Waals surface area (Å²) < 4.78 is 26.8. The summed E-state index contributed by atoms with van der Waals surface area (Å²) in [4.78, 5) is 29.7. The molecule has 2 aromatic heterocycles. The monoisotopic (exact) mass is 1360 g/mol. The second-order valence-electron chi connectivity index (χ2n) is 30.3. The number of para-hydroxylation sites is 2. The Labute approximate surface area is 603 Å². The largest absolute Gasteiger partial charge is 0.457 e. The third-order valence-corrected chi connectivity index (χ3v) is 22.1. The summed E-state index contributed by atoms with van der Waals surface area (Å²) in [6.07, 6.45) is 20.7. The van der Waals surface area contributed by atoms with Gasteiger partial charge in [0.25, 0.3) is 0 Å². The SMILES string of the molecule is CC(C)(C)c1ccc2oc3c(-c4cccc5c4Oc4ccc(C(C)(C)CC6C=C(C7C=C(c8ccc9oc%10cccc(-c%11cccc%12c%11C(O)c%11cc(-c%13cc(C%14=CC=CCC%14)cc(-c%14ccccc%14)c%13)ccc%11O%12)c%10c(=O)c9c8)C=C(c8ccccc8)C7)C=CC6)cc4C5O)cccc3c(=O)c2c1. The first-order valence-corrected chi connectivity index (χ1v) is 36.2. The highest BCUT2D eigenvalue weighted by molar-refractivity contribution is 6.02. The molecular weight excluding hydrogens is 1280 g/mol. The van der Waals surface area contributed by atoms with E-state index >= 15 is 4.79 Å². The molecule has 2 N–H and O–H groups in total. The van der Waals surface area contributed by atoms with E-state index in [9.17, 15) is 15.0 Å². The molecule has 104 heavy (non-hydrogen) atoms. The van der Waals surface area contributed by atoms with Crippen LogP contribution in [-0.4, -0.2) is 10.2 Å². The van der Waals surface area contributed by atoms with Crippen LogP contribution >= 0.6 is 0 Å². The molecule has 0 saturated carbocycles. The summed E-state index contributed by atoms with van der Waals surface area (Å²) in [5.41, 5.74) is 21.0. The molecule has 4 heterocycles. The molecule has 18 rings (SSSR count). The van der Waals surface area contributed by atoms with Crippen molar-refractivity contribution in [3.05, 3.63) is 349 Å². The summed E-state index contributed by atoms with van der Waals surface area (Å²) in [6, 6.07) is 74.9. The highest BCUT2D eigenvalue weighted by Gasteiger charge is 2.35. The van der Waals surface area contributed by atoms with Gasteiger partial charge in [0.05, 0.1) is 21.5 Å². The van der Waals surface area contributed by atoms with Gasteiger partial charge in [0.2, 0.25) is 10.9 Å². The molecule has 0 spiro atoms. The minimum Gasteiger partial charge on any atom is -0.457 e. The van der Waals surface area contributed by atoms with Gasteiger partial charge in [-0.2, -0.15) is 0 Å². The van der Waals surface area contributed by atoms with E-state index < -0.39 is 12.2 Å². The van der Waals surface area contributed by atoms with Crippen LogP contribution in [0.5, 0.6) is 23.0 Å². The number of hydrogen-bond acceptors (Lipinski definition) is 8. The van der Waals surface area contributed by atoms with Crippen molar-refractivity contribution in [3.63, 3.8) is 0 Å². The number of hydrogen-bond donors (Lipinski definition) is 2. The van der Waals surface area contributed by atoms with E-state index in [1.165, 1.54) is 22.3 Å². The third-order valence-electron chi connectivity index (χ3n) is 22.1. The fraction of sp³-hybridized carbons (Fsp3) is 0.167. The van der Waals surface area contributed by atoms with Crippen molar-refractivity contribution < 1.29 is 28.5 Å². The fourth-order valence-corrected chi connectivity index (χ4v) is 16.6. The predicted octanol–water partition coefficient (Wildman–Crippen LogP) is 23.6. The third kappa shape index (κ3) is 11.4. The van der Waals surface area contributed by atoms with Gasteiger partial charge < -0.3 is 28.5 Å². The fourth-order valence-electron chi connectivity index (χ4n) is 16.6. The Balaban J connectivity index is 0.639. The second-order valence-corrected chi connectivity index (χ2v) is 30.3. The van der Waals surface area contributed by atoms with Gasteiger partial charge in [-0.3, -0.25) is 9.59 Å². The molecule has 0 saturated heterocycles. The first kappa shape index (κ1) is 64.4. The van der Waals surface area contributed by atoms with Gasteiger partial charge in [-0.1, -0.05) is 223 Å². The maximum atomic E-state index is 15.5. The lowest BCUT2D eigenvalue weighted by molar-refractivity contribution is 0.202. The van der Waals surface area contributed by atoms with Crippen molar-refractivity contribution in [1.29, 1.82) is 0 Å². The lowest BCUT2D eigenvalue weighted by atomic mass is 9.72. The number of fused-ring (bicyclic) bond motifs is 8. The zero-order valence-electron chi connectivity index (χ0n) is 58.7. The molecule has 0 fully saturated rings. The zero-order chi connectivity index (χ0) is 70.7. The highest BCUT2D eigenvalue weighted by Crippen LogP contribution is 2.53. The van der Waals surface area contributed by atoms with Crippen LogP contribution in [0.25, 0.3) is 105 Å². The summed E-state index contributed by atoms with van der Waals surface area (Å²) in [7, 11) is 0. The van der Waals surface area contributed by atoms with Crippen molar-refractivity contribution in [3.8, 4) is 67.5 Å². The van der Waals surface area contributed by atoms with Gasteiger partial charge in [-0.15, -0.1) is 0 Å². The molecule has 2 aliphatic heterocycles.